The summed E-state index contributed by atoms with van der Waals surface area (Å²) in [6, 6.07) is 8.21. The molecule has 0 radical (unpaired) electrons. The van der Waals surface area contributed by atoms with Gasteiger partial charge in [0, 0.05) is 5.69 Å². The van der Waals surface area contributed by atoms with E-state index in [-0.39, 0.29) is 11.5 Å². The number of hydrogen-bond donors (Lipinski definition) is 2. The molecule has 0 saturated carbocycles. The fourth-order valence-electron chi connectivity index (χ4n) is 2.54. The lowest BCUT2D eigenvalue weighted by molar-refractivity contribution is -0.118. The number of carbonyl (C=O) groups is 2. The molecule has 7 nitrogen and oxygen atoms in total. The average molecular weight is 356 g/mol. The van der Waals surface area contributed by atoms with Crippen LogP contribution in [-0.2, 0) is 4.79 Å². The molecule has 0 aliphatic rings. The first-order valence-electron chi connectivity index (χ1n) is 7.56. The number of primary amides is 1. The van der Waals surface area contributed by atoms with Crippen molar-refractivity contribution in [1.29, 1.82) is 0 Å². The van der Waals surface area contributed by atoms with E-state index in [1.807, 2.05) is 6.07 Å². The molecule has 2 heterocycles. The van der Waals surface area contributed by atoms with Crippen LogP contribution in [0.1, 0.15) is 28.2 Å². The molecule has 8 heteroatoms. The van der Waals surface area contributed by atoms with Gasteiger partial charge in [0.15, 0.2) is 0 Å². The molecular weight excluding hydrogens is 340 g/mol. The summed E-state index contributed by atoms with van der Waals surface area (Å²) in [7, 11) is 0. The summed E-state index contributed by atoms with van der Waals surface area (Å²) in [5.74, 6) is -0.932. The predicted octanol–water partition coefficient (Wildman–Crippen LogP) is 2.07. The Morgan fingerprint density at radius 1 is 1.28 bits per heavy atom. The third kappa shape index (κ3) is 3.03. The summed E-state index contributed by atoms with van der Waals surface area (Å²) in [6.07, 6.45) is 1.32. The average Bonchev–Trinajstić information content (AvgIpc) is 2.93. The Morgan fingerprint density at radius 2 is 1.96 bits per heavy atom. The minimum atomic E-state index is -0.763. The van der Waals surface area contributed by atoms with Gasteiger partial charge in [0.05, 0.1) is 16.6 Å². The van der Waals surface area contributed by atoms with Crippen LogP contribution in [0.2, 0.25) is 0 Å². The van der Waals surface area contributed by atoms with Gasteiger partial charge in [0.2, 0.25) is 5.91 Å². The second-order valence-corrected chi connectivity index (χ2v) is 6.59. The van der Waals surface area contributed by atoms with Gasteiger partial charge in [0.25, 0.3) is 11.5 Å². The number of amides is 2. The zero-order valence-electron chi connectivity index (χ0n) is 13.6. The molecule has 128 valence electrons. The first-order valence-corrected chi connectivity index (χ1v) is 8.37. The standard InChI is InChI=1S/C17H16N4O3S/c1-9-12-16(25-13(9)14(18)22)19-8-21(17(12)24)10(2)15(23)20-11-6-4-3-5-7-11/h3-8,10H,1-2H3,(H2,18,22)(H,20,23)/t10-/m0/s1. The molecule has 2 aromatic heterocycles. The third-order valence-corrected chi connectivity index (χ3v) is 5.15. The van der Waals surface area contributed by atoms with E-state index in [1.165, 1.54) is 10.9 Å². The van der Waals surface area contributed by atoms with E-state index >= 15 is 0 Å². The van der Waals surface area contributed by atoms with Crippen molar-refractivity contribution in [3.8, 4) is 0 Å². The van der Waals surface area contributed by atoms with E-state index in [1.54, 1.807) is 38.1 Å². The number of aromatic nitrogens is 2. The lowest BCUT2D eigenvalue weighted by Crippen LogP contribution is -2.31. The molecule has 2 amide bonds. The summed E-state index contributed by atoms with van der Waals surface area (Å²) in [4.78, 5) is 41.6. The molecule has 0 bridgehead atoms. The van der Waals surface area contributed by atoms with Crippen molar-refractivity contribution < 1.29 is 9.59 Å². The highest BCUT2D eigenvalue weighted by Gasteiger charge is 2.22. The Hall–Kier alpha value is -3.00. The van der Waals surface area contributed by atoms with E-state index in [0.29, 0.717) is 26.3 Å². The van der Waals surface area contributed by atoms with Crippen molar-refractivity contribution in [3.05, 3.63) is 57.5 Å². The van der Waals surface area contributed by atoms with Crippen LogP contribution < -0.4 is 16.6 Å². The summed E-state index contributed by atoms with van der Waals surface area (Å²) >= 11 is 1.08. The Kier molecular flexibility index (Phi) is 4.37. The first kappa shape index (κ1) is 16.8. The number of nitrogens with zero attached hydrogens (tertiary/aromatic N) is 2. The van der Waals surface area contributed by atoms with Crippen LogP contribution in [0.5, 0.6) is 0 Å². The van der Waals surface area contributed by atoms with Crippen molar-refractivity contribution in [3.63, 3.8) is 0 Å². The minimum absolute atomic E-state index is 0.304. The highest BCUT2D eigenvalue weighted by atomic mass is 32.1. The molecule has 0 aliphatic carbocycles. The van der Waals surface area contributed by atoms with E-state index in [0.717, 1.165) is 11.3 Å². The molecule has 1 atom stereocenters. The number of thiophene rings is 1. The molecule has 0 unspecified atom stereocenters. The minimum Gasteiger partial charge on any atom is -0.365 e. The van der Waals surface area contributed by atoms with Crippen molar-refractivity contribution in [2.24, 2.45) is 5.73 Å². The van der Waals surface area contributed by atoms with Crippen molar-refractivity contribution in [1.82, 2.24) is 9.55 Å². The Bertz CT molecular complexity index is 1020. The first-order chi connectivity index (χ1) is 11.9. The highest BCUT2D eigenvalue weighted by Crippen LogP contribution is 2.26. The second-order valence-electron chi connectivity index (χ2n) is 5.59. The topological polar surface area (TPSA) is 107 Å². The molecule has 3 rings (SSSR count). The summed E-state index contributed by atoms with van der Waals surface area (Å²) < 4.78 is 1.26. The Morgan fingerprint density at radius 3 is 2.60 bits per heavy atom. The van der Waals surface area contributed by atoms with Gasteiger partial charge in [-0.05, 0) is 31.5 Å². The SMILES string of the molecule is Cc1c(C(N)=O)sc2ncn([C@@H](C)C(=O)Nc3ccccc3)c(=O)c12. The van der Waals surface area contributed by atoms with E-state index in [2.05, 4.69) is 10.3 Å². The van der Waals surface area contributed by atoms with Crippen LogP contribution >= 0.6 is 11.3 Å². The number of carbonyl (C=O) groups excluding carboxylic acids is 2. The number of para-hydroxylation sites is 1. The van der Waals surface area contributed by atoms with Gasteiger partial charge in [0.1, 0.15) is 10.9 Å². The predicted molar refractivity (Wildman–Crippen MR) is 96.9 cm³/mol. The monoisotopic (exact) mass is 356 g/mol. The van der Waals surface area contributed by atoms with Gasteiger partial charge in [-0.15, -0.1) is 11.3 Å². The van der Waals surface area contributed by atoms with Crippen LogP contribution in [0.15, 0.2) is 41.5 Å². The molecule has 1 aromatic carbocycles. The normalized spacial score (nSPS) is 12.1. The van der Waals surface area contributed by atoms with Crippen LogP contribution in [-0.4, -0.2) is 21.4 Å². The van der Waals surface area contributed by atoms with Crippen LogP contribution in [0.25, 0.3) is 10.2 Å². The van der Waals surface area contributed by atoms with Crippen LogP contribution in [0, 0.1) is 6.92 Å². The number of benzene rings is 1. The number of fused-ring (bicyclic) bond motifs is 1. The maximum atomic E-state index is 12.8. The Labute approximate surface area is 147 Å². The van der Waals surface area contributed by atoms with Crippen molar-refractivity contribution in [2.75, 3.05) is 5.32 Å². The maximum Gasteiger partial charge on any atom is 0.263 e. The second kappa shape index (κ2) is 6.48. The lowest BCUT2D eigenvalue weighted by atomic mass is 10.2. The number of rotatable bonds is 4. The van der Waals surface area contributed by atoms with Crippen molar-refractivity contribution >= 4 is 39.1 Å². The molecule has 0 spiro atoms. The van der Waals surface area contributed by atoms with E-state index in [4.69, 9.17) is 5.73 Å². The summed E-state index contributed by atoms with van der Waals surface area (Å²) in [6.45, 7) is 3.27. The van der Waals surface area contributed by atoms with Gasteiger partial charge in [-0.3, -0.25) is 19.0 Å². The van der Waals surface area contributed by atoms with Gasteiger partial charge < -0.3 is 11.1 Å². The molecule has 0 saturated heterocycles. The van der Waals surface area contributed by atoms with Crippen LogP contribution in [0.3, 0.4) is 0 Å². The smallest absolute Gasteiger partial charge is 0.263 e. The van der Waals surface area contributed by atoms with E-state index < -0.39 is 11.9 Å². The number of hydrogen-bond acceptors (Lipinski definition) is 5. The van der Waals surface area contributed by atoms with Crippen molar-refractivity contribution in [2.45, 2.75) is 19.9 Å². The fourth-order valence-corrected chi connectivity index (χ4v) is 3.53. The van der Waals surface area contributed by atoms with Crippen LogP contribution in [0.4, 0.5) is 5.69 Å². The zero-order chi connectivity index (χ0) is 18.1. The number of aryl methyl sites for hydroxylation is 1. The third-order valence-electron chi connectivity index (χ3n) is 3.94. The molecule has 0 fully saturated rings. The maximum absolute atomic E-state index is 12.8. The lowest BCUT2D eigenvalue weighted by Gasteiger charge is -2.14. The van der Waals surface area contributed by atoms with E-state index in [9.17, 15) is 14.4 Å². The molecule has 3 aromatic rings. The molecule has 25 heavy (non-hydrogen) atoms. The quantitative estimate of drug-likeness (QED) is 0.746. The summed E-state index contributed by atoms with van der Waals surface area (Å²) in [5.41, 5.74) is 6.10. The van der Waals surface area contributed by atoms with Gasteiger partial charge in [-0.2, -0.15) is 0 Å². The molecular formula is C17H16N4O3S. The zero-order valence-corrected chi connectivity index (χ0v) is 14.5. The molecule has 3 N–H and O–H groups in total. The van der Waals surface area contributed by atoms with Gasteiger partial charge >= 0.3 is 0 Å². The largest absolute Gasteiger partial charge is 0.365 e. The number of nitrogens with one attached hydrogen (secondary N) is 1. The highest BCUT2D eigenvalue weighted by molar-refractivity contribution is 7.20. The fraction of sp³-hybridized carbons (Fsp3) is 0.176. The number of nitrogens with two attached hydrogens (primary N) is 1. The Balaban J connectivity index is 1.99. The molecule has 0 aliphatic heterocycles. The summed E-state index contributed by atoms with van der Waals surface area (Å²) in [5, 5.41) is 3.08. The number of anilines is 1. The van der Waals surface area contributed by atoms with Gasteiger partial charge in [-0.1, -0.05) is 18.2 Å². The van der Waals surface area contributed by atoms with Gasteiger partial charge in [-0.25, -0.2) is 4.98 Å².